The number of primary amides is 1. The molecular formula is C6H9F3N2O. The van der Waals surface area contributed by atoms with E-state index in [4.69, 9.17) is 5.73 Å². The number of rotatable bonds is 1. The van der Waals surface area contributed by atoms with E-state index < -0.39 is 24.0 Å². The van der Waals surface area contributed by atoms with Gasteiger partial charge in [-0.25, -0.2) is 0 Å². The van der Waals surface area contributed by atoms with Gasteiger partial charge in [0.2, 0.25) is 5.91 Å². The van der Waals surface area contributed by atoms with Gasteiger partial charge in [0, 0.05) is 6.54 Å². The van der Waals surface area contributed by atoms with Crippen molar-refractivity contribution in [3.63, 3.8) is 0 Å². The van der Waals surface area contributed by atoms with Crippen LogP contribution >= 0.6 is 0 Å². The van der Waals surface area contributed by atoms with Crippen molar-refractivity contribution >= 4 is 5.91 Å². The van der Waals surface area contributed by atoms with E-state index in [1.165, 1.54) is 0 Å². The molecule has 1 rings (SSSR count). The molecule has 1 fully saturated rings. The zero-order chi connectivity index (χ0) is 9.41. The quantitative estimate of drug-likeness (QED) is 0.600. The van der Waals surface area contributed by atoms with Crippen LogP contribution in [0.1, 0.15) is 6.42 Å². The van der Waals surface area contributed by atoms with Crippen LogP contribution in [0.5, 0.6) is 0 Å². The molecule has 3 nitrogen and oxygen atoms in total. The minimum absolute atomic E-state index is 0.183. The third-order valence-electron chi connectivity index (χ3n) is 2.17. The van der Waals surface area contributed by atoms with Gasteiger partial charge in [0.1, 0.15) is 0 Å². The highest BCUT2D eigenvalue weighted by atomic mass is 19.4. The zero-order valence-electron chi connectivity index (χ0n) is 6.24. The van der Waals surface area contributed by atoms with Crippen LogP contribution in [0.3, 0.4) is 0 Å². The lowest BCUT2D eigenvalue weighted by Crippen LogP contribution is -2.50. The van der Waals surface area contributed by atoms with Gasteiger partial charge in [-0.2, -0.15) is 13.2 Å². The Labute approximate surface area is 67.1 Å². The summed E-state index contributed by atoms with van der Waals surface area (Å²) in [5.41, 5.74) is 2.38. The Kier molecular flexibility index (Phi) is 2.03. The zero-order valence-corrected chi connectivity index (χ0v) is 6.24. The molecule has 1 saturated heterocycles. The highest BCUT2D eigenvalue weighted by molar-refractivity contribution is 5.82. The van der Waals surface area contributed by atoms with Gasteiger partial charge in [0.25, 0.3) is 0 Å². The third-order valence-corrected chi connectivity index (χ3v) is 2.17. The monoisotopic (exact) mass is 182 g/mol. The van der Waals surface area contributed by atoms with Crippen LogP contribution in [0.15, 0.2) is 0 Å². The molecule has 0 saturated carbocycles. The summed E-state index contributed by atoms with van der Waals surface area (Å²) in [6.45, 7) is -0.214. The van der Waals surface area contributed by atoms with Crippen LogP contribution in [0, 0.1) is 5.41 Å². The van der Waals surface area contributed by atoms with E-state index >= 15 is 0 Å². The number of hydrogen-bond acceptors (Lipinski definition) is 2. The van der Waals surface area contributed by atoms with Crippen LogP contribution < -0.4 is 11.1 Å². The van der Waals surface area contributed by atoms with Crippen LogP contribution in [0.2, 0.25) is 0 Å². The maximum Gasteiger partial charge on any atom is 0.404 e. The second-order valence-corrected chi connectivity index (χ2v) is 2.87. The normalized spacial score (nSPS) is 30.6. The smallest absolute Gasteiger partial charge is 0.369 e. The molecule has 1 heterocycles. The third kappa shape index (κ3) is 1.16. The number of alkyl halides is 3. The molecule has 1 aliphatic heterocycles. The van der Waals surface area contributed by atoms with E-state index in [1.807, 2.05) is 0 Å². The van der Waals surface area contributed by atoms with Crippen molar-refractivity contribution in [2.45, 2.75) is 12.6 Å². The molecule has 0 radical (unpaired) electrons. The number of carbonyl (C=O) groups excluding carboxylic acids is 1. The lowest BCUT2D eigenvalue weighted by Gasteiger charge is -2.26. The fourth-order valence-corrected chi connectivity index (χ4v) is 1.28. The number of nitrogens with one attached hydrogen (secondary N) is 1. The largest absolute Gasteiger partial charge is 0.404 e. The Hall–Kier alpha value is -0.780. The molecule has 0 bridgehead atoms. The standard InChI is InChI=1S/C6H9F3N2O/c7-6(8,9)5(4(10)12)1-2-11-3-5/h11H,1-3H2,(H2,10,12). The maximum atomic E-state index is 12.3. The summed E-state index contributed by atoms with van der Waals surface area (Å²) < 4.78 is 37.0. The lowest BCUT2D eigenvalue weighted by molar-refractivity contribution is -0.214. The van der Waals surface area contributed by atoms with Crippen LogP contribution in [0.4, 0.5) is 13.2 Å². The molecule has 1 amide bonds. The Morgan fingerprint density at radius 1 is 1.50 bits per heavy atom. The Morgan fingerprint density at radius 2 is 2.08 bits per heavy atom. The van der Waals surface area contributed by atoms with E-state index in [-0.39, 0.29) is 13.0 Å². The van der Waals surface area contributed by atoms with Gasteiger partial charge in [0.15, 0.2) is 5.41 Å². The summed E-state index contributed by atoms with van der Waals surface area (Å²) in [4.78, 5) is 10.6. The predicted octanol–water partition coefficient (Wildman–Crippen LogP) is 0.0137. The van der Waals surface area contributed by atoms with E-state index in [0.717, 1.165) is 0 Å². The second-order valence-electron chi connectivity index (χ2n) is 2.87. The van der Waals surface area contributed by atoms with Crippen LogP contribution in [0.25, 0.3) is 0 Å². The molecule has 1 atom stereocenters. The molecule has 0 spiro atoms. The average Bonchev–Trinajstić information content (AvgIpc) is 2.31. The lowest BCUT2D eigenvalue weighted by atomic mass is 9.86. The summed E-state index contributed by atoms with van der Waals surface area (Å²) >= 11 is 0. The highest BCUT2D eigenvalue weighted by Gasteiger charge is 2.60. The molecule has 1 aliphatic rings. The number of amides is 1. The van der Waals surface area contributed by atoms with Crippen LogP contribution in [-0.2, 0) is 4.79 Å². The first-order chi connectivity index (χ1) is 5.40. The number of carbonyl (C=O) groups is 1. The van der Waals surface area contributed by atoms with E-state index in [1.54, 1.807) is 0 Å². The first kappa shape index (κ1) is 9.31. The van der Waals surface area contributed by atoms with E-state index in [2.05, 4.69) is 5.32 Å². The van der Waals surface area contributed by atoms with Gasteiger partial charge in [0.05, 0.1) is 0 Å². The summed E-state index contributed by atoms with van der Waals surface area (Å²) in [6.07, 6.45) is -4.80. The van der Waals surface area contributed by atoms with Crippen molar-refractivity contribution < 1.29 is 18.0 Å². The van der Waals surface area contributed by atoms with Gasteiger partial charge >= 0.3 is 6.18 Å². The van der Waals surface area contributed by atoms with Crippen molar-refractivity contribution in [2.24, 2.45) is 11.1 Å². The molecule has 0 aromatic heterocycles. The molecular weight excluding hydrogens is 173 g/mol. The molecule has 0 aromatic carbocycles. The summed E-state index contributed by atoms with van der Waals surface area (Å²) in [7, 11) is 0. The van der Waals surface area contributed by atoms with Gasteiger partial charge < -0.3 is 11.1 Å². The van der Waals surface area contributed by atoms with Crippen molar-refractivity contribution in [1.82, 2.24) is 5.32 Å². The summed E-state index contributed by atoms with van der Waals surface area (Å²) in [5.74, 6) is -1.29. The van der Waals surface area contributed by atoms with Crippen molar-refractivity contribution in [3.8, 4) is 0 Å². The minimum Gasteiger partial charge on any atom is -0.369 e. The summed E-state index contributed by atoms with van der Waals surface area (Å²) in [6, 6.07) is 0. The van der Waals surface area contributed by atoms with Crippen molar-refractivity contribution in [3.05, 3.63) is 0 Å². The van der Waals surface area contributed by atoms with Crippen LogP contribution in [-0.4, -0.2) is 25.2 Å². The minimum atomic E-state index is -4.54. The van der Waals surface area contributed by atoms with Crippen molar-refractivity contribution in [2.75, 3.05) is 13.1 Å². The Balaban J connectivity index is 2.94. The molecule has 12 heavy (non-hydrogen) atoms. The van der Waals surface area contributed by atoms with Crippen molar-refractivity contribution in [1.29, 1.82) is 0 Å². The molecule has 0 aromatic rings. The Morgan fingerprint density at radius 3 is 2.25 bits per heavy atom. The molecule has 0 aliphatic carbocycles. The first-order valence-electron chi connectivity index (χ1n) is 3.47. The maximum absolute atomic E-state index is 12.3. The number of halogens is 3. The SMILES string of the molecule is NC(=O)C1(C(F)(F)F)CCNC1. The summed E-state index contributed by atoms with van der Waals surface area (Å²) in [5, 5.41) is 2.48. The predicted molar refractivity (Wildman–Crippen MR) is 35.2 cm³/mol. The Bertz CT molecular complexity index is 195. The number of hydrogen-bond donors (Lipinski definition) is 2. The number of nitrogens with two attached hydrogens (primary N) is 1. The first-order valence-corrected chi connectivity index (χ1v) is 3.47. The fourth-order valence-electron chi connectivity index (χ4n) is 1.28. The van der Waals surface area contributed by atoms with E-state index in [0.29, 0.717) is 0 Å². The van der Waals surface area contributed by atoms with E-state index in [9.17, 15) is 18.0 Å². The molecule has 1 unspecified atom stereocenters. The molecule has 3 N–H and O–H groups in total. The topological polar surface area (TPSA) is 55.1 Å². The van der Waals surface area contributed by atoms with Gasteiger partial charge in [-0.3, -0.25) is 4.79 Å². The average molecular weight is 182 g/mol. The highest BCUT2D eigenvalue weighted by Crippen LogP contribution is 2.42. The van der Waals surface area contributed by atoms with Gasteiger partial charge in [-0.15, -0.1) is 0 Å². The fraction of sp³-hybridized carbons (Fsp3) is 0.833. The molecule has 6 heteroatoms. The second kappa shape index (κ2) is 2.62. The van der Waals surface area contributed by atoms with Gasteiger partial charge in [-0.1, -0.05) is 0 Å². The van der Waals surface area contributed by atoms with Gasteiger partial charge in [-0.05, 0) is 13.0 Å². The molecule has 70 valence electrons.